The fourth-order valence-electron chi connectivity index (χ4n) is 2.34. The summed E-state index contributed by atoms with van der Waals surface area (Å²) in [6.07, 6.45) is 1.98. The largest absolute Gasteiger partial charge is 0.481 e. The molecular weight excluding hydrogens is 341 g/mol. The number of hydrogen-bond donors (Lipinski definition) is 1. The number of amides is 1. The molecule has 1 atom stereocenters. The molecule has 0 aliphatic carbocycles. The molecule has 116 valence electrons. The zero-order valence-corrected chi connectivity index (χ0v) is 13.5. The predicted molar refractivity (Wildman–Crippen MR) is 80.6 cm³/mol. The minimum absolute atomic E-state index is 0.0633. The van der Waals surface area contributed by atoms with Gasteiger partial charge in [-0.05, 0) is 44.4 Å². The highest BCUT2D eigenvalue weighted by Gasteiger charge is 2.27. The highest BCUT2D eigenvalue weighted by molar-refractivity contribution is 9.10. The summed E-state index contributed by atoms with van der Waals surface area (Å²) in [4.78, 5) is 13.8. The van der Waals surface area contributed by atoms with E-state index in [0.29, 0.717) is 30.4 Å². The van der Waals surface area contributed by atoms with Crippen LogP contribution in [0.15, 0.2) is 22.7 Å². The molecule has 1 aromatic rings. The van der Waals surface area contributed by atoms with Crippen molar-refractivity contribution in [2.24, 2.45) is 0 Å². The summed E-state index contributed by atoms with van der Waals surface area (Å²) in [5, 5.41) is 10.0. The van der Waals surface area contributed by atoms with Crippen molar-refractivity contribution in [3.8, 4) is 5.75 Å². The summed E-state index contributed by atoms with van der Waals surface area (Å²) in [6.45, 7) is 2.69. The maximum Gasteiger partial charge on any atom is 0.260 e. The second-order valence-corrected chi connectivity index (χ2v) is 6.51. The van der Waals surface area contributed by atoms with Gasteiger partial charge in [0.2, 0.25) is 0 Å². The maximum atomic E-state index is 13.6. The molecule has 1 unspecified atom stereocenters. The lowest BCUT2D eigenvalue weighted by Crippen LogP contribution is -2.36. The Morgan fingerprint density at radius 1 is 1.48 bits per heavy atom. The number of hydrogen-bond acceptors (Lipinski definition) is 3. The summed E-state index contributed by atoms with van der Waals surface area (Å²) >= 11 is 3.16. The first-order valence-corrected chi connectivity index (χ1v) is 7.75. The lowest BCUT2D eigenvalue weighted by atomic mass is 9.98. The molecule has 1 heterocycles. The van der Waals surface area contributed by atoms with Crippen molar-refractivity contribution in [1.29, 1.82) is 0 Å². The standard InChI is InChI=1S/C15H19BrFNO3/c1-15(20)5-2-7-18(8-6-15)14(19)10-21-13-4-3-11(16)9-12(13)17/h3-4,9,20H,2,5-8,10H2,1H3. The average Bonchev–Trinajstić information content (AvgIpc) is 2.58. The first-order valence-electron chi connectivity index (χ1n) is 6.95. The van der Waals surface area contributed by atoms with E-state index in [9.17, 15) is 14.3 Å². The summed E-state index contributed by atoms with van der Waals surface area (Å²) in [7, 11) is 0. The molecule has 1 saturated heterocycles. The molecule has 0 radical (unpaired) electrons. The van der Waals surface area contributed by atoms with Crippen molar-refractivity contribution in [2.45, 2.75) is 31.8 Å². The summed E-state index contributed by atoms with van der Waals surface area (Å²) in [6, 6.07) is 4.44. The van der Waals surface area contributed by atoms with Crippen LogP contribution in [0, 0.1) is 5.82 Å². The van der Waals surface area contributed by atoms with Gasteiger partial charge in [0.15, 0.2) is 18.2 Å². The minimum Gasteiger partial charge on any atom is -0.481 e. The number of likely N-dealkylation sites (tertiary alicyclic amines) is 1. The van der Waals surface area contributed by atoms with Crippen molar-refractivity contribution >= 4 is 21.8 Å². The van der Waals surface area contributed by atoms with Gasteiger partial charge >= 0.3 is 0 Å². The molecule has 0 spiro atoms. The second-order valence-electron chi connectivity index (χ2n) is 5.59. The Balaban J connectivity index is 1.89. The van der Waals surface area contributed by atoms with Gasteiger partial charge in [-0.1, -0.05) is 15.9 Å². The highest BCUT2D eigenvalue weighted by Crippen LogP contribution is 2.23. The Morgan fingerprint density at radius 2 is 2.24 bits per heavy atom. The number of rotatable bonds is 3. The molecule has 1 aromatic carbocycles. The van der Waals surface area contributed by atoms with Crippen LogP contribution in [0.5, 0.6) is 5.75 Å². The van der Waals surface area contributed by atoms with Crippen LogP contribution in [0.3, 0.4) is 0 Å². The molecule has 0 bridgehead atoms. The number of carbonyl (C=O) groups is 1. The smallest absolute Gasteiger partial charge is 0.260 e. The van der Waals surface area contributed by atoms with E-state index < -0.39 is 11.4 Å². The van der Waals surface area contributed by atoms with E-state index in [2.05, 4.69) is 15.9 Å². The van der Waals surface area contributed by atoms with Crippen molar-refractivity contribution in [3.05, 3.63) is 28.5 Å². The first-order chi connectivity index (χ1) is 9.87. The lowest BCUT2D eigenvalue weighted by Gasteiger charge is -2.22. The molecule has 21 heavy (non-hydrogen) atoms. The van der Waals surface area contributed by atoms with E-state index in [0.717, 1.165) is 6.42 Å². The van der Waals surface area contributed by atoms with Gasteiger partial charge < -0.3 is 14.7 Å². The van der Waals surface area contributed by atoms with Gasteiger partial charge in [-0.3, -0.25) is 4.79 Å². The van der Waals surface area contributed by atoms with Crippen LogP contribution in [0.2, 0.25) is 0 Å². The van der Waals surface area contributed by atoms with Crippen molar-refractivity contribution in [1.82, 2.24) is 4.90 Å². The van der Waals surface area contributed by atoms with Crippen LogP contribution < -0.4 is 4.74 Å². The second kappa shape index (κ2) is 6.75. The number of halogens is 2. The summed E-state index contributed by atoms with van der Waals surface area (Å²) in [5.41, 5.74) is -0.715. The van der Waals surface area contributed by atoms with Gasteiger partial charge in [0.1, 0.15) is 0 Å². The fraction of sp³-hybridized carbons (Fsp3) is 0.533. The number of nitrogens with zero attached hydrogens (tertiary/aromatic N) is 1. The topological polar surface area (TPSA) is 49.8 Å². The molecule has 1 amide bonds. The van der Waals surface area contributed by atoms with Crippen LogP contribution in [0.25, 0.3) is 0 Å². The molecule has 4 nitrogen and oxygen atoms in total. The Kier molecular flexibility index (Phi) is 5.22. The van der Waals surface area contributed by atoms with Gasteiger partial charge in [-0.15, -0.1) is 0 Å². The summed E-state index contributed by atoms with van der Waals surface area (Å²) < 4.78 is 19.5. The molecule has 0 aromatic heterocycles. The normalized spacial score (nSPS) is 22.8. The third kappa shape index (κ3) is 4.68. The highest BCUT2D eigenvalue weighted by atomic mass is 79.9. The van der Waals surface area contributed by atoms with Crippen LogP contribution >= 0.6 is 15.9 Å². The zero-order chi connectivity index (χ0) is 15.5. The first kappa shape index (κ1) is 16.2. The Hall–Kier alpha value is -1.14. The molecule has 1 aliphatic heterocycles. The van der Waals surface area contributed by atoms with E-state index in [4.69, 9.17) is 4.74 Å². The number of benzene rings is 1. The number of ether oxygens (including phenoxy) is 1. The van der Waals surface area contributed by atoms with Gasteiger partial charge in [-0.25, -0.2) is 4.39 Å². The van der Waals surface area contributed by atoms with Crippen LogP contribution in [-0.4, -0.2) is 41.2 Å². The van der Waals surface area contributed by atoms with Gasteiger partial charge in [0, 0.05) is 17.6 Å². The average molecular weight is 360 g/mol. The Bertz CT molecular complexity index is 522. The molecule has 1 N–H and O–H groups in total. The van der Waals surface area contributed by atoms with E-state index in [1.54, 1.807) is 17.9 Å². The van der Waals surface area contributed by atoms with E-state index in [-0.39, 0.29) is 18.3 Å². The van der Waals surface area contributed by atoms with Gasteiger partial charge in [-0.2, -0.15) is 0 Å². The molecule has 2 rings (SSSR count). The quantitative estimate of drug-likeness (QED) is 0.902. The van der Waals surface area contributed by atoms with Gasteiger partial charge in [0.25, 0.3) is 5.91 Å². The molecule has 1 aliphatic rings. The predicted octanol–water partition coefficient (Wildman–Crippen LogP) is 2.73. The maximum absolute atomic E-state index is 13.6. The third-order valence-electron chi connectivity index (χ3n) is 3.66. The number of aliphatic hydroxyl groups is 1. The number of carbonyl (C=O) groups excluding carboxylic acids is 1. The molecule has 0 saturated carbocycles. The fourth-order valence-corrected chi connectivity index (χ4v) is 2.67. The SMILES string of the molecule is CC1(O)CCCN(C(=O)COc2ccc(Br)cc2F)CC1. The Morgan fingerprint density at radius 3 is 2.95 bits per heavy atom. The lowest BCUT2D eigenvalue weighted by molar-refractivity contribution is -0.133. The van der Waals surface area contributed by atoms with Crippen LogP contribution in [0.4, 0.5) is 4.39 Å². The van der Waals surface area contributed by atoms with Crippen molar-refractivity contribution in [2.75, 3.05) is 19.7 Å². The van der Waals surface area contributed by atoms with Crippen molar-refractivity contribution in [3.63, 3.8) is 0 Å². The van der Waals surface area contributed by atoms with E-state index in [1.165, 1.54) is 12.1 Å². The van der Waals surface area contributed by atoms with Crippen LogP contribution in [-0.2, 0) is 4.79 Å². The van der Waals surface area contributed by atoms with Gasteiger partial charge in [0.05, 0.1) is 5.60 Å². The molecular formula is C15H19BrFNO3. The minimum atomic E-state index is -0.715. The van der Waals surface area contributed by atoms with E-state index >= 15 is 0 Å². The zero-order valence-electron chi connectivity index (χ0n) is 11.9. The van der Waals surface area contributed by atoms with E-state index in [1.807, 2.05) is 0 Å². The third-order valence-corrected chi connectivity index (χ3v) is 4.15. The molecule has 6 heteroatoms. The van der Waals surface area contributed by atoms with Crippen molar-refractivity contribution < 1.29 is 19.0 Å². The molecule has 1 fully saturated rings. The van der Waals surface area contributed by atoms with Crippen LogP contribution in [0.1, 0.15) is 26.2 Å². The monoisotopic (exact) mass is 359 g/mol. The Labute approximate surface area is 132 Å². The summed E-state index contributed by atoms with van der Waals surface area (Å²) in [5.74, 6) is -0.626.